The van der Waals surface area contributed by atoms with E-state index >= 15 is 0 Å². The van der Waals surface area contributed by atoms with Crippen molar-refractivity contribution < 1.29 is 0 Å². The minimum atomic E-state index is 0.348. The number of anilines is 1. The molecule has 2 rings (SSSR count). The molecule has 0 spiro atoms. The van der Waals surface area contributed by atoms with Gasteiger partial charge < -0.3 is 11.1 Å². The van der Waals surface area contributed by atoms with Crippen LogP contribution >= 0.6 is 24.0 Å². The average Bonchev–Trinajstić information content (AvgIpc) is 2.40. The number of hydrogen-bond acceptors (Lipinski definition) is 4. The summed E-state index contributed by atoms with van der Waals surface area (Å²) in [5.41, 5.74) is 7.27. The van der Waals surface area contributed by atoms with E-state index in [-0.39, 0.29) is 0 Å². The van der Waals surface area contributed by atoms with Gasteiger partial charge in [0.25, 0.3) is 0 Å². The van der Waals surface area contributed by atoms with Crippen LogP contribution in [0.25, 0.3) is 0 Å². The summed E-state index contributed by atoms with van der Waals surface area (Å²) < 4.78 is 0. The van der Waals surface area contributed by atoms with Crippen molar-refractivity contribution in [2.45, 2.75) is 37.0 Å². The lowest BCUT2D eigenvalue weighted by atomic mass is 9.94. The number of thioether (sulfide) groups is 1. The molecule has 2 atom stereocenters. The van der Waals surface area contributed by atoms with Crippen LogP contribution in [0.2, 0.25) is 0 Å². The molecule has 0 saturated heterocycles. The number of rotatable bonds is 4. The van der Waals surface area contributed by atoms with Crippen LogP contribution in [-0.2, 0) is 0 Å². The Morgan fingerprint density at radius 2 is 2.22 bits per heavy atom. The summed E-state index contributed by atoms with van der Waals surface area (Å²) >= 11 is 6.85. The van der Waals surface area contributed by atoms with Gasteiger partial charge >= 0.3 is 0 Å². The third-order valence-electron chi connectivity index (χ3n) is 3.37. The van der Waals surface area contributed by atoms with Crippen LogP contribution < -0.4 is 11.1 Å². The van der Waals surface area contributed by atoms with Crippen molar-refractivity contribution in [3.05, 3.63) is 24.0 Å². The van der Waals surface area contributed by atoms with Crippen molar-refractivity contribution in [2.75, 3.05) is 11.6 Å². The molecule has 5 heteroatoms. The molecule has 98 valence electrons. The Morgan fingerprint density at radius 1 is 1.44 bits per heavy atom. The van der Waals surface area contributed by atoms with E-state index in [0.29, 0.717) is 22.0 Å². The summed E-state index contributed by atoms with van der Waals surface area (Å²) in [5.74, 6) is 0. The van der Waals surface area contributed by atoms with Gasteiger partial charge in [0.1, 0.15) is 4.99 Å². The molecule has 1 fully saturated rings. The first kappa shape index (κ1) is 13.6. The normalized spacial score (nSPS) is 23.6. The highest BCUT2D eigenvalue weighted by Crippen LogP contribution is 2.29. The number of aromatic nitrogens is 1. The van der Waals surface area contributed by atoms with E-state index in [2.05, 4.69) is 16.6 Å². The Bertz CT molecular complexity index is 405. The van der Waals surface area contributed by atoms with E-state index in [4.69, 9.17) is 18.0 Å². The highest BCUT2D eigenvalue weighted by Gasteiger charge is 2.23. The van der Waals surface area contributed by atoms with Gasteiger partial charge in [0.15, 0.2) is 0 Å². The topological polar surface area (TPSA) is 50.9 Å². The predicted molar refractivity (Wildman–Crippen MR) is 83.3 cm³/mol. The summed E-state index contributed by atoms with van der Waals surface area (Å²) in [6, 6.07) is 4.43. The fourth-order valence-electron chi connectivity index (χ4n) is 2.38. The van der Waals surface area contributed by atoms with Crippen molar-refractivity contribution >= 4 is 34.7 Å². The largest absolute Gasteiger partial charge is 0.388 e. The zero-order valence-electron chi connectivity index (χ0n) is 10.6. The number of hydrogen-bond donors (Lipinski definition) is 2. The Kier molecular flexibility index (Phi) is 4.83. The molecular weight excluding hydrogens is 262 g/mol. The second-order valence-corrected chi connectivity index (χ2v) is 6.12. The molecular formula is C13H19N3S2. The van der Waals surface area contributed by atoms with Crippen LogP contribution in [0.4, 0.5) is 5.69 Å². The van der Waals surface area contributed by atoms with Gasteiger partial charge in [-0.05, 0) is 31.2 Å². The lowest BCUT2D eigenvalue weighted by molar-refractivity contribution is 0.475. The van der Waals surface area contributed by atoms with Gasteiger partial charge in [-0.3, -0.25) is 4.98 Å². The zero-order chi connectivity index (χ0) is 13.0. The Hall–Kier alpha value is -0.810. The first-order chi connectivity index (χ1) is 8.70. The quantitative estimate of drug-likeness (QED) is 0.831. The van der Waals surface area contributed by atoms with Gasteiger partial charge in [-0.25, -0.2) is 0 Å². The highest BCUT2D eigenvalue weighted by molar-refractivity contribution is 7.99. The highest BCUT2D eigenvalue weighted by atomic mass is 32.2. The number of pyridine rings is 1. The monoisotopic (exact) mass is 281 g/mol. The van der Waals surface area contributed by atoms with Crippen LogP contribution in [0.5, 0.6) is 0 Å². The first-order valence-corrected chi connectivity index (χ1v) is 7.95. The standard InChI is InChI=1S/C13H19N3S2/c1-18-12-5-3-2-4-10(12)16-9-6-7-11(13(14)17)15-8-9/h6-8,10,12,16H,2-5H2,1H3,(H2,14,17). The van der Waals surface area contributed by atoms with Crippen molar-refractivity contribution in [3.63, 3.8) is 0 Å². The smallest absolute Gasteiger partial charge is 0.122 e. The molecule has 2 unspecified atom stereocenters. The molecule has 1 heterocycles. The van der Waals surface area contributed by atoms with Crippen LogP contribution in [0, 0.1) is 0 Å². The lowest BCUT2D eigenvalue weighted by Gasteiger charge is -2.31. The summed E-state index contributed by atoms with van der Waals surface area (Å²) in [6.07, 6.45) is 9.22. The van der Waals surface area contributed by atoms with E-state index in [0.717, 1.165) is 5.69 Å². The third-order valence-corrected chi connectivity index (χ3v) is 4.75. The van der Waals surface area contributed by atoms with Gasteiger partial charge in [0.2, 0.25) is 0 Å². The molecule has 0 aromatic carbocycles. The van der Waals surface area contributed by atoms with Gasteiger partial charge in [-0.2, -0.15) is 11.8 Å². The molecule has 0 bridgehead atoms. The third kappa shape index (κ3) is 3.36. The minimum absolute atomic E-state index is 0.348. The first-order valence-electron chi connectivity index (χ1n) is 6.26. The Balaban J connectivity index is 2.01. The Morgan fingerprint density at radius 3 is 2.83 bits per heavy atom. The average molecular weight is 281 g/mol. The summed E-state index contributed by atoms with van der Waals surface area (Å²) in [7, 11) is 0. The maximum atomic E-state index is 5.54. The van der Waals surface area contributed by atoms with Crippen LogP contribution in [0.15, 0.2) is 18.3 Å². The van der Waals surface area contributed by atoms with E-state index in [9.17, 15) is 0 Å². The molecule has 1 aliphatic carbocycles. The van der Waals surface area contributed by atoms with Crippen LogP contribution in [0.1, 0.15) is 31.4 Å². The van der Waals surface area contributed by atoms with Gasteiger partial charge in [0, 0.05) is 11.3 Å². The van der Waals surface area contributed by atoms with Crippen LogP contribution in [0.3, 0.4) is 0 Å². The molecule has 1 saturated carbocycles. The van der Waals surface area contributed by atoms with Crippen molar-refractivity contribution in [1.82, 2.24) is 4.98 Å². The van der Waals surface area contributed by atoms with E-state index in [1.807, 2.05) is 30.1 Å². The summed E-state index contributed by atoms with van der Waals surface area (Å²) in [5, 5.41) is 4.28. The summed E-state index contributed by atoms with van der Waals surface area (Å²) in [4.78, 5) is 4.61. The molecule has 18 heavy (non-hydrogen) atoms. The molecule has 0 aliphatic heterocycles. The molecule has 1 aliphatic rings. The fraction of sp³-hybridized carbons (Fsp3) is 0.538. The number of nitrogens with two attached hydrogens (primary N) is 1. The predicted octanol–water partition coefficient (Wildman–Crippen LogP) is 2.80. The number of thiocarbonyl (C=S) groups is 1. The SMILES string of the molecule is CSC1CCCCC1Nc1ccc(C(N)=S)nc1. The number of nitrogens with zero attached hydrogens (tertiary/aromatic N) is 1. The molecule has 3 nitrogen and oxygen atoms in total. The van der Waals surface area contributed by atoms with E-state index in [1.54, 1.807) is 0 Å². The molecule has 1 aromatic heterocycles. The van der Waals surface area contributed by atoms with E-state index < -0.39 is 0 Å². The minimum Gasteiger partial charge on any atom is -0.388 e. The second-order valence-electron chi connectivity index (χ2n) is 4.61. The van der Waals surface area contributed by atoms with Gasteiger partial charge in [0.05, 0.1) is 17.6 Å². The summed E-state index contributed by atoms with van der Waals surface area (Å²) in [6.45, 7) is 0. The van der Waals surface area contributed by atoms with Gasteiger partial charge in [-0.15, -0.1) is 0 Å². The van der Waals surface area contributed by atoms with Crippen molar-refractivity contribution in [2.24, 2.45) is 5.73 Å². The maximum Gasteiger partial charge on any atom is 0.122 e. The molecule has 1 aromatic rings. The van der Waals surface area contributed by atoms with Gasteiger partial charge in [-0.1, -0.05) is 25.1 Å². The molecule has 0 radical (unpaired) electrons. The second kappa shape index (κ2) is 6.38. The van der Waals surface area contributed by atoms with Crippen molar-refractivity contribution in [1.29, 1.82) is 0 Å². The molecule has 0 amide bonds. The lowest BCUT2D eigenvalue weighted by Crippen LogP contribution is -2.34. The fourth-order valence-corrected chi connectivity index (χ4v) is 3.44. The van der Waals surface area contributed by atoms with Crippen molar-refractivity contribution in [3.8, 4) is 0 Å². The van der Waals surface area contributed by atoms with E-state index in [1.165, 1.54) is 25.7 Å². The molecule has 3 N–H and O–H groups in total. The maximum absolute atomic E-state index is 5.54. The number of nitrogens with one attached hydrogen (secondary N) is 1. The van der Waals surface area contributed by atoms with Crippen LogP contribution in [-0.4, -0.2) is 27.5 Å². The Labute approximate surface area is 118 Å². The zero-order valence-corrected chi connectivity index (χ0v) is 12.2.